The molecular formula is C14H28N2. The van der Waals surface area contributed by atoms with Crippen molar-refractivity contribution in [3.05, 3.63) is 0 Å². The van der Waals surface area contributed by atoms with Gasteiger partial charge in [-0.3, -0.25) is 0 Å². The molecule has 1 saturated carbocycles. The molecule has 1 heterocycles. The number of hydrogen-bond donors (Lipinski definition) is 1. The molecule has 1 aliphatic heterocycles. The van der Waals surface area contributed by atoms with Crippen LogP contribution in [0.25, 0.3) is 0 Å². The highest BCUT2D eigenvalue weighted by Crippen LogP contribution is 2.24. The van der Waals surface area contributed by atoms with Crippen LogP contribution in [0.15, 0.2) is 0 Å². The molecule has 2 nitrogen and oxygen atoms in total. The fourth-order valence-corrected chi connectivity index (χ4v) is 3.38. The van der Waals surface area contributed by atoms with Crippen LogP contribution >= 0.6 is 0 Å². The van der Waals surface area contributed by atoms with E-state index in [1.807, 2.05) is 0 Å². The molecule has 0 bridgehead atoms. The van der Waals surface area contributed by atoms with E-state index >= 15 is 0 Å². The fourth-order valence-electron chi connectivity index (χ4n) is 3.38. The predicted octanol–water partition coefficient (Wildman–Crippen LogP) is 2.64. The van der Waals surface area contributed by atoms with E-state index in [-0.39, 0.29) is 0 Å². The minimum absolute atomic E-state index is 0.911. The third-order valence-corrected chi connectivity index (χ3v) is 4.45. The Hall–Kier alpha value is -0.0800. The largest absolute Gasteiger partial charge is 0.317 e. The van der Waals surface area contributed by atoms with Gasteiger partial charge in [-0.2, -0.15) is 0 Å². The van der Waals surface area contributed by atoms with E-state index < -0.39 is 0 Å². The predicted molar refractivity (Wildman–Crippen MR) is 69.7 cm³/mol. The maximum atomic E-state index is 3.47. The summed E-state index contributed by atoms with van der Waals surface area (Å²) in [5.41, 5.74) is 0. The molecule has 0 amide bonds. The fraction of sp³-hybridized carbons (Fsp3) is 1.00. The van der Waals surface area contributed by atoms with E-state index in [9.17, 15) is 0 Å². The summed E-state index contributed by atoms with van der Waals surface area (Å²) in [6.07, 6.45) is 10.1. The molecule has 1 aliphatic carbocycles. The minimum Gasteiger partial charge on any atom is -0.317 e. The number of nitrogens with one attached hydrogen (secondary N) is 1. The molecule has 0 radical (unpaired) electrons. The number of piperidine rings is 1. The second kappa shape index (κ2) is 6.61. The molecule has 0 aromatic heterocycles. The summed E-state index contributed by atoms with van der Waals surface area (Å²) >= 11 is 0. The Labute approximate surface area is 101 Å². The van der Waals surface area contributed by atoms with E-state index in [2.05, 4.69) is 17.1 Å². The lowest BCUT2D eigenvalue weighted by molar-refractivity contribution is 0.129. The van der Waals surface area contributed by atoms with Crippen molar-refractivity contribution < 1.29 is 0 Å². The van der Waals surface area contributed by atoms with Crippen LogP contribution in [0.2, 0.25) is 0 Å². The first kappa shape index (κ1) is 12.4. The van der Waals surface area contributed by atoms with Crippen LogP contribution in [-0.4, -0.2) is 37.1 Å². The Balaban J connectivity index is 1.78. The first-order valence-corrected chi connectivity index (χ1v) is 7.35. The Bertz CT molecular complexity index is 181. The summed E-state index contributed by atoms with van der Waals surface area (Å²) in [5, 5.41) is 3.47. The second-order valence-corrected chi connectivity index (χ2v) is 5.57. The normalized spacial score (nSPS) is 25.1. The Morgan fingerprint density at radius 3 is 2.31 bits per heavy atom. The molecule has 2 heteroatoms. The molecule has 94 valence electrons. The maximum Gasteiger partial charge on any atom is 0.00952 e. The first-order valence-electron chi connectivity index (χ1n) is 7.35. The van der Waals surface area contributed by atoms with Gasteiger partial charge in [0.25, 0.3) is 0 Å². The zero-order chi connectivity index (χ0) is 11.2. The van der Waals surface area contributed by atoms with Crippen molar-refractivity contribution in [2.24, 2.45) is 5.92 Å². The minimum atomic E-state index is 0.911. The number of rotatable bonds is 4. The summed E-state index contributed by atoms with van der Waals surface area (Å²) in [6, 6.07) is 0.911. The van der Waals surface area contributed by atoms with Crippen molar-refractivity contribution in [2.45, 2.75) is 57.9 Å². The van der Waals surface area contributed by atoms with Crippen LogP contribution in [0.4, 0.5) is 0 Å². The number of hydrogen-bond acceptors (Lipinski definition) is 2. The topological polar surface area (TPSA) is 15.3 Å². The summed E-state index contributed by atoms with van der Waals surface area (Å²) in [5.74, 6) is 0.961. The molecule has 0 aromatic rings. The molecule has 2 fully saturated rings. The van der Waals surface area contributed by atoms with Crippen molar-refractivity contribution in [3.8, 4) is 0 Å². The lowest BCUT2D eigenvalue weighted by atomic mass is 9.91. The van der Waals surface area contributed by atoms with Crippen LogP contribution < -0.4 is 5.32 Å². The van der Waals surface area contributed by atoms with E-state index in [4.69, 9.17) is 0 Å². The van der Waals surface area contributed by atoms with Gasteiger partial charge in [-0.25, -0.2) is 0 Å². The highest BCUT2D eigenvalue weighted by molar-refractivity contribution is 4.79. The van der Waals surface area contributed by atoms with Gasteiger partial charge in [-0.1, -0.05) is 26.2 Å². The van der Waals surface area contributed by atoms with E-state index in [0.717, 1.165) is 12.0 Å². The molecule has 16 heavy (non-hydrogen) atoms. The Morgan fingerprint density at radius 1 is 1.00 bits per heavy atom. The monoisotopic (exact) mass is 224 g/mol. The lowest BCUT2D eigenvalue weighted by Crippen LogP contribution is -2.42. The molecule has 1 saturated heterocycles. The van der Waals surface area contributed by atoms with Crippen LogP contribution in [-0.2, 0) is 0 Å². The van der Waals surface area contributed by atoms with Crippen LogP contribution in [0.1, 0.15) is 51.9 Å². The zero-order valence-electron chi connectivity index (χ0n) is 10.9. The van der Waals surface area contributed by atoms with Gasteiger partial charge >= 0.3 is 0 Å². The molecule has 0 spiro atoms. The highest BCUT2D eigenvalue weighted by atomic mass is 15.2. The highest BCUT2D eigenvalue weighted by Gasteiger charge is 2.23. The van der Waals surface area contributed by atoms with Gasteiger partial charge in [-0.15, -0.1) is 0 Å². The maximum absolute atomic E-state index is 3.47. The standard InChI is InChI=1S/C14H28N2/c1-2-16(14-6-4-3-5-7-14)12-13-8-10-15-11-9-13/h13-15H,2-12H2,1H3. The van der Waals surface area contributed by atoms with Gasteiger partial charge in [0, 0.05) is 12.6 Å². The summed E-state index contributed by atoms with van der Waals surface area (Å²) in [7, 11) is 0. The van der Waals surface area contributed by atoms with Crippen LogP contribution in [0.3, 0.4) is 0 Å². The summed E-state index contributed by atoms with van der Waals surface area (Å²) in [4.78, 5) is 2.77. The van der Waals surface area contributed by atoms with Crippen LogP contribution in [0, 0.1) is 5.92 Å². The third-order valence-electron chi connectivity index (χ3n) is 4.45. The van der Waals surface area contributed by atoms with Gasteiger partial charge in [0.1, 0.15) is 0 Å². The zero-order valence-corrected chi connectivity index (χ0v) is 10.9. The molecule has 0 atom stereocenters. The van der Waals surface area contributed by atoms with Gasteiger partial charge < -0.3 is 10.2 Å². The SMILES string of the molecule is CCN(CC1CCNCC1)C1CCCCC1. The quantitative estimate of drug-likeness (QED) is 0.790. The van der Waals surface area contributed by atoms with E-state index in [1.165, 1.54) is 71.1 Å². The molecule has 2 rings (SSSR count). The van der Waals surface area contributed by atoms with Gasteiger partial charge in [0.2, 0.25) is 0 Å². The van der Waals surface area contributed by atoms with E-state index in [0.29, 0.717) is 0 Å². The van der Waals surface area contributed by atoms with Crippen molar-refractivity contribution in [3.63, 3.8) is 0 Å². The van der Waals surface area contributed by atoms with Crippen molar-refractivity contribution in [1.29, 1.82) is 0 Å². The smallest absolute Gasteiger partial charge is 0.00952 e. The Morgan fingerprint density at radius 2 is 1.69 bits per heavy atom. The number of nitrogens with zero attached hydrogens (tertiary/aromatic N) is 1. The molecule has 0 aromatic carbocycles. The van der Waals surface area contributed by atoms with Crippen molar-refractivity contribution in [1.82, 2.24) is 10.2 Å². The van der Waals surface area contributed by atoms with Gasteiger partial charge in [0.05, 0.1) is 0 Å². The lowest BCUT2D eigenvalue weighted by Gasteiger charge is -2.37. The average Bonchev–Trinajstić information content (AvgIpc) is 2.38. The Kier molecular flexibility index (Phi) is 5.11. The van der Waals surface area contributed by atoms with E-state index in [1.54, 1.807) is 0 Å². The van der Waals surface area contributed by atoms with Crippen LogP contribution in [0.5, 0.6) is 0 Å². The first-order chi connectivity index (χ1) is 7.90. The molecule has 0 unspecified atom stereocenters. The van der Waals surface area contributed by atoms with Gasteiger partial charge in [0.15, 0.2) is 0 Å². The second-order valence-electron chi connectivity index (χ2n) is 5.57. The van der Waals surface area contributed by atoms with Crippen molar-refractivity contribution >= 4 is 0 Å². The average molecular weight is 224 g/mol. The third kappa shape index (κ3) is 3.46. The molecule has 1 N–H and O–H groups in total. The van der Waals surface area contributed by atoms with Gasteiger partial charge in [-0.05, 0) is 51.2 Å². The van der Waals surface area contributed by atoms with Crippen molar-refractivity contribution in [2.75, 3.05) is 26.2 Å². The summed E-state index contributed by atoms with van der Waals surface area (Å²) in [6.45, 7) is 7.45. The molecular weight excluding hydrogens is 196 g/mol. The molecule has 2 aliphatic rings. The summed E-state index contributed by atoms with van der Waals surface area (Å²) < 4.78 is 0.